The summed E-state index contributed by atoms with van der Waals surface area (Å²) in [7, 11) is 2.21. The van der Waals surface area contributed by atoms with Gasteiger partial charge in [0.05, 0.1) is 6.61 Å². The van der Waals surface area contributed by atoms with E-state index < -0.39 is 0 Å². The van der Waals surface area contributed by atoms with Gasteiger partial charge in [0.15, 0.2) is 0 Å². The van der Waals surface area contributed by atoms with E-state index in [1.54, 1.807) is 0 Å². The molecule has 1 aromatic rings. The zero-order valence-corrected chi connectivity index (χ0v) is 11.9. The predicted molar refractivity (Wildman–Crippen MR) is 77.4 cm³/mol. The summed E-state index contributed by atoms with van der Waals surface area (Å²) in [6.07, 6.45) is 3.78. The van der Waals surface area contributed by atoms with Crippen molar-refractivity contribution in [2.24, 2.45) is 11.7 Å². The lowest BCUT2D eigenvalue weighted by Gasteiger charge is -2.33. The summed E-state index contributed by atoms with van der Waals surface area (Å²) < 4.78 is 5.58. The first-order valence-electron chi connectivity index (χ1n) is 7.38. The third-order valence-electron chi connectivity index (χ3n) is 4.76. The van der Waals surface area contributed by atoms with Crippen LogP contribution >= 0.6 is 0 Å². The average molecular weight is 260 g/mol. The Bertz CT molecular complexity index is 456. The van der Waals surface area contributed by atoms with Gasteiger partial charge in [0.2, 0.25) is 0 Å². The van der Waals surface area contributed by atoms with Gasteiger partial charge in [-0.1, -0.05) is 12.1 Å². The molecular weight excluding hydrogens is 236 g/mol. The zero-order valence-electron chi connectivity index (χ0n) is 11.9. The summed E-state index contributed by atoms with van der Waals surface area (Å²) in [4.78, 5) is 2.45. The summed E-state index contributed by atoms with van der Waals surface area (Å²) in [6, 6.07) is 7.52. The Kier molecular flexibility index (Phi) is 3.50. The molecule has 1 fully saturated rings. The van der Waals surface area contributed by atoms with E-state index >= 15 is 0 Å². The highest BCUT2D eigenvalue weighted by Crippen LogP contribution is 2.38. The minimum absolute atomic E-state index is 0.321. The van der Waals surface area contributed by atoms with Gasteiger partial charge in [0, 0.05) is 25.0 Å². The van der Waals surface area contributed by atoms with Crippen LogP contribution in [0.4, 0.5) is 0 Å². The highest BCUT2D eigenvalue weighted by molar-refractivity contribution is 5.41. The molecule has 3 rings (SSSR count). The van der Waals surface area contributed by atoms with Gasteiger partial charge in [0.25, 0.3) is 0 Å². The van der Waals surface area contributed by atoms with Gasteiger partial charge >= 0.3 is 0 Å². The lowest BCUT2D eigenvalue weighted by atomic mass is 9.99. The Morgan fingerprint density at radius 3 is 2.89 bits per heavy atom. The summed E-state index contributed by atoms with van der Waals surface area (Å²) in [6.45, 7) is 3.82. The van der Waals surface area contributed by atoms with Gasteiger partial charge in [-0.05, 0) is 49.9 Å². The fraction of sp³-hybridized carbons (Fsp3) is 0.625. The van der Waals surface area contributed by atoms with Crippen LogP contribution in [0, 0.1) is 5.92 Å². The molecule has 0 bridgehead atoms. The molecule has 0 saturated heterocycles. The first-order valence-corrected chi connectivity index (χ1v) is 7.38. The van der Waals surface area contributed by atoms with Crippen LogP contribution in [0.2, 0.25) is 0 Å². The van der Waals surface area contributed by atoms with Crippen molar-refractivity contribution in [3.05, 3.63) is 29.3 Å². The van der Waals surface area contributed by atoms with Crippen molar-refractivity contribution in [1.29, 1.82) is 0 Å². The molecule has 2 N–H and O–H groups in total. The number of rotatable bonds is 5. The molecule has 0 radical (unpaired) electrons. The molecule has 1 heterocycles. The van der Waals surface area contributed by atoms with Crippen molar-refractivity contribution in [2.75, 3.05) is 20.2 Å². The summed E-state index contributed by atoms with van der Waals surface area (Å²) in [5.41, 5.74) is 8.71. The number of likely N-dealkylation sites (N-methyl/N-ethyl adjacent to an activating group) is 1. The molecule has 1 aliphatic carbocycles. The Hall–Kier alpha value is -1.06. The Morgan fingerprint density at radius 1 is 1.42 bits per heavy atom. The summed E-state index contributed by atoms with van der Waals surface area (Å²) in [5, 5.41) is 0. The van der Waals surface area contributed by atoms with Crippen LogP contribution in [-0.2, 0) is 6.42 Å². The van der Waals surface area contributed by atoms with E-state index in [1.165, 1.54) is 24.0 Å². The largest absolute Gasteiger partial charge is 0.493 e. The maximum atomic E-state index is 6.04. The van der Waals surface area contributed by atoms with E-state index in [-0.39, 0.29) is 0 Å². The summed E-state index contributed by atoms with van der Waals surface area (Å²) in [5.74, 6) is 1.93. The van der Waals surface area contributed by atoms with Crippen LogP contribution < -0.4 is 10.5 Å². The van der Waals surface area contributed by atoms with Gasteiger partial charge in [-0.3, -0.25) is 4.90 Å². The highest BCUT2D eigenvalue weighted by Gasteiger charge is 2.33. The van der Waals surface area contributed by atoms with Crippen LogP contribution in [0.3, 0.4) is 0 Å². The van der Waals surface area contributed by atoms with Crippen molar-refractivity contribution in [3.8, 4) is 5.75 Å². The molecule has 3 heteroatoms. The lowest BCUT2D eigenvalue weighted by Crippen LogP contribution is -2.38. The third kappa shape index (κ3) is 2.49. The molecule has 104 valence electrons. The molecule has 0 aromatic heterocycles. The molecule has 0 amide bonds. The number of nitrogens with two attached hydrogens (primary N) is 1. The Labute approximate surface area is 115 Å². The lowest BCUT2D eigenvalue weighted by molar-refractivity contribution is 0.171. The Morgan fingerprint density at radius 2 is 2.21 bits per heavy atom. The van der Waals surface area contributed by atoms with Crippen molar-refractivity contribution in [2.45, 2.75) is 38.3 Å². The van der Waals surface area contributed by atoms with Crippen LogP contribution in [-0.4, -0.2) is 31.1 Å². The van der Waals surface area contributed by atoms with Gasteiger partial charge in [-0.25, -0.2) is 0 Å². The van der Waals surface area contributed by atoms with Gasteiger partial charge in [-0.15, -0.1) is 0 Å². The average Bonchev–Trinajstić information content (AvgIpc) is 3.17. The first kappa shape index (κ1) is 12.9. The van der Waals surface area contributed by atoms with Crippen molar-refractivity contribution >= 4 is 0 Å². The molecule has 0 spiro atoms. The van der Waals surface area contributed by atoms with Gasteiger partial charge < -0.3 is 10.5 Å². The fourth-order valence-electron chi connectivity index (χ4n) is 3.15. The third-order valence-corrected chi connectivity index (χ3v) is 4.76. The van der Waals surface area contributed by atoms with Crippen LogP contribution in [0.5, 0.6) is 5.75 Å². The van der Waals surface area contributed by atoms with Crippen molar-refractivity contribution < 1.29 is 4.74 Å². The first-order chi connectivity index (χ1) is 9.20. The molecular formula is C16H24N2O. The molecule has 1 aromatic carbocycles. The van der Waals surface area contributed by atoms with E-state index in [9.17, 15) is 0 Å². The summed E-state index contributed by atoms with van der Waals surface area (Å²) >= 11 is 0. The topological polar surface area (TPSA) is 38.5 Å². The normalized spacial score (nSPS) is 21.1. The van der Waals surface area contributed by atoms with E-state index in [0.29, 0.717) is 18.6 Å². The maximum Gasteiger partial charge on any atom is 0.122 e. The van der Waals surface area contributed by atoms with Crippen LogP contribution in [0.1, 0.15) is 36.9 Å². The Balaban J connectivity index is 1.81. The molecule has 2 atom stereocenters. The zero-order chi connectivity index (χ0) is 13.4. The van der Waals surface area contributed by atoms with Crippen molar-refractivity contribution in [1.82, 2.24) is 4.90 Å². The molecule has 2 aliphatic rings. The monoisotopic (exact) mass is 260 g/mol. The predicted octanol–water partition coefficient (Wildman–Crippen LogP) is 2.35. The second kappa shape index (κ2) is 5.14. The van der Waals surface area contributed by atoms with E-state index in [0.717, 1.165) is 24.7 Å². The molecule has 1 aliphatic heterocycles. The molecule has 3 nitrogen and oxygen atoms in total. The number of fused-ring (bicyclic) bond motifs is 1. The van der Waals surface area contributed by atoms with Crippen molar-refractivity contribution in [3.63, 3.8) is 0 Å². The number of nitrogens with zero attached hydrogens (tertiary/aromatic N) is 1. The number of hydrogen-bond donors (Lipinski definition) is 1. The van der Waals surface area contributed by atoms with Crippen LogP contribution in [0.25, 0.3) is 0 Å². The van der Waals surface area contributed by atoms with Crippen LogP contribution in [0.15, 0.2) is 18.2 Å². The SMILES string of the molecule is CC(C1CC1)N(C)C(CN)c1ccc2c(c1)CCO2. The number of hydrogen-bond acceptors (Lipinski definition) is 3. The second-order valence-electron chi connectivity index (χ2n) is 5.96. The molecule has 2 unspecified atom stereocenters. The highest BCUT2D eigenvalue weighted by atomic mass is 16.5. The molecule has 19 heavy (non-hydrogen) atoms. The van der Waals surface area contributed by atoms with E-state index in [2.05, 4.69) is 37.1 Å². The minimum Gasteiger partial charge on any atom is -0.493 e. The smallest absolute Gasteiger partial charge is 0.122 e. The maximum absolute atomic E-state index is 6.04. The number of benzene rings is 1. The minimum atomic E-state index is 0.321. The van der Waals surface area contributed by atoms with Gasteiger partial charge in [0.1, 0.15) is 5.75 Å². The fourth-order valence-corrected chi connectivity index (χ4v) is 3.15. The van der Waals surface area contributed by atoms with Gasteiger partial charge in [-0.2, -0.15) is 0 Å². The van der Waals surface area contributed by atoms with E-state index in [1.807, 2.05) is 0 Å². The van der Waals surface area contributed by atoms with E-state index in [4.69, 9.17) is 10.5 Å². The second-order valence-corrected chi connectivity index (χ2v) is 5.96. The number of ether oxygens (including phenoxy) is 1. The molecule has 1 saturated carbocycles. The quantitative estimate of drug-likeness (QED) is 0.883. The standard InChI is InChI=1S/C16H24N2O/c1-11(12-3-4-12)18(2)15(10-17)13-5-6-16-14(9-13)7-8-19-16/h5-6,9,11-12,15H,3-4,7-8,10,17H2,1-2H3.